The van der Waals surface area contributed by atoms with Gasteiger partial charge in [0.25, 0.3) is 0 Å². The number of benzene rings is 2. The third-order valence-corrected chi connectivity index (χ3v) is 4.01. The Morgan fingerprint density at radius 3 is 2.22 bits per heavy atom. The molecule has 0 saturated carbocycles. The molecule has 5 heteroatoms. The van der Waals surface area contributed by atoms with E-state index in [-0.39, 0.29) is 5.97 Å². The first kappa shape index (κ1) is 20.5. The van der Waals surface area contributed by atoms with Crippen LogP contribution in [0.1, 0.15) is 30.4 Å². The Kier molecular flexibility index (Phi) is 8.90. The smallest absolute Gasteiger partial charge is 0.306 e. The number of hydrogen-bond donors (Lipinski definition) is 1. The van der Waals surface area contributed by atoms with Gasteiger partial charge in [-0.2, -0.15) is 0 Å². The third kappa shape index (κ3) is 8.40. The fraction of sp³-hybridized carbons (Fsp3) is 0.364. The highest BCUT2D eigenvalue weighted by atomic mass is 16.5. The van der Waals surface area contributed by atoms with Gasteiger partial charge in [-0.05, 0) is 24.0 Å². The van der Waals surface area contributed by atoms with E-state index in [9.17, 15) is 4.79 Å². The first-order chi connectivity index (χ1) is 13.1. The van der Waals surface area contributed by atoms with Gasteiger partial charge in [0.1, 0.15) is 6.61 Å². The maximum absolute atomic E-state index is 11.8. The summed E-state index contributed by atoms with van der Waals surface area (Å²) in [6.07, 6.45) is 2.12. The first-order valence-electron chi connectivity index (χ1n) is 9.34. The lowest BCUT2D eigenvalue weighted by atomic mass is 10.2. The zero-order valence-corrected chi connectivity index (χ0v) is 16.2. The van der Waals surface area contributed by atoms with E-state index < -0.39 is 0 Å². The molecule has 2 aromatic carbocycles. The molecule has 2 aromatic rings. The molecule has 5 nitrogen and oxygen atoms in total. The van der Waals surface area contributed by atoms with E-state index >= 15 is 0 Å². The summed E-state index contributed by atoms with van der Waals surface area (Å²) >= 11 is 0. The largest absolute Gasteiger partial charge is 0.461 e. The van der Waals surface area contributed by atoms with Crippen LogP contribution in [0.25, 0.3) is 0 Å². The minimum atomic E-state index is -0.149. The van der Waals surface area contributed by atoms with Gasteiger partial charge in [0.05, 0.1) is 6.54 Å². The number of guanidine groups is 1. The quantitative estimate of drug-likeness (QED) is 0.318. The second-order valence-electron chi connectivity index (χ2n) is 6.55. The van der Waals surface area contributed by atoms with E-state index in [0.29, 0.717) is 19.6 Å². The van der Waals surface area contributed by atoms with Gasteiger partial charge in [0.15, 0.2) is 5.96 Å². The van der Waals surface area contributed by atoms with Crippen LogP contribution in [-0.4, -0.2) is 37.5 Å². The van der Waals surface area contributed by atoms with Crippen molar-refractivity contribution in [3.8, 4) is 0 Å². The van der Waals surface area contributed by atoms with Crippen LogP contribution >= 0.6 is 0 Å². The number of esters is 1. The fourth-order valence-corrected chi connectivity index (χ4v) is 2.51. The molecule has 0 aliphatic carbocycles. The van der Waals surface area contributed by atoms with Gasteiger partial charge in [0.2, 0.25) is 0 Å². The Hall–Kier alpha value is -2.82. The van der Waals surface area contributed by atoms with E-state index in [0.717, 1.165) is 30.9 Å². The molecule has 0 heterocycles. The molecule has 0 atom stereocenters. The van der Waals surface area contributed by atoms with Crippen molar-refractivity contribution in [3.05, 3.63) is 71.8 Å². The lowest BCUT2D eigenvalue weighted by Gasteiger charge is -2.17. The molecule has 1 N–H and O–H groups in total. The van der Waals surface area contributed by atoms with Crippen LogP contribution in [0.3, 0.4) is 0 Å². The van der Waals surface area contributed by atoms with Gasteiger partial charge >= 0.3 is 5.97 Å². The Bertz CT molecular complexity index is 700. The number of carbonyl (C=O) groups excluding carboxylic acids is 1. The van der Waals surface area contributed by atoms with Crippen LogP contribution in [0.2, 0.25) is 0 Å². The molecule has 0 radical (unpaired) electrons. The summed E-state index contributed by atoms with van der Waals surface area (Å²) in [6.45, 7) is 1.76. The molecule has 0 fully saturated rings. The van der Waals surface area contributed by atoms with Crippen LogP contribution in [-0.2, 0) is 22.7 Å². The van der Waals surface area contributed by atoms with E-state index in [2.05, 4.69) is 22.4 Å². The number of unbranched alkanes of at least 4 members (excludes halogenated alkanes) is 1. The van der Waals surface area contributed by atoms with Crippen molar-refractivity contribution in [2.75, 3.05) is 20.6 Å². The minimum absolute atomic E-state index is 0.149. The van der Waals surface area contributed by atoms with E-state index in [1.54, 1.807) is 0 Å². The van der Waals surface area contributed by atoms with Crippen molar-refractivity contribution in [2.24, 2.45) is 4.99 Å². The molecule has 27 heavy (non-hydrogen) atoms. The van der Waals surface area contributed by atoms with E-state index in [4.69, 9.17) is 4.74 Å². The Morgan fingerprint density at radius 1 is 0.963 bits per heavy atom. The molecular formula is C22H29N3O2. The predicted octanol–water partition coefficient (Wildman–Crippen LogP) is 3.61. The van der Waals surface area contributed by atoms with Gasteiger partial charge in [-0.25, -0.2) is 4.99 Å². The second-order valence-corrected chi connectivity index (χ2v) is 6.55. The van der Waals surface area contributed by atoms with Crippen molar-refractivity contribution in [3.63, 3.8) is 0 Å². The monoisotopic (exact) mass is 367 g/mol. The number of nitrogens with zero attached hydrogens (tertiary/aromatic N) is 2. The highest BCUT2D eigenvalue weighted by Gasteiger charge is 2.05. The molecule has 2 rings (SSSR count). The van der Waals surface area contributed by atoms with Gasteiger partial charge in [-0.1, -0.05) is 60.7 Å². The summed E-state index contributed by atoms with van der Waals surface area (Å²) in [5.74, 6) is 0.704. The topological polar surface area (TPSA) is 53.9 Å². The highest BCUT2D eigenvalue weighted by Crippen LogP contribution is 2.04. The van der Waals surface area contributed by atoms with Gasteiger partial charge in [-0.15, -0.1) is 0 Å². The summed E-state index contributed by atoms with van der Waals surface area (Å²) in [5, 5.41) is 3.34. The van der Waals surface area contributed by atoms with Crippen LogP contribution in [0, 0.1) is 0 Å². The van der Waals surface area contributed by atoms with Crippen LogP contribution in [0.15, 0.2) is 65.7 Å². The second kappa shape index (κ2) is 11.7. The number of carbonyl (C=O) groups is 1. The fourth-order valence-electron chi connectivity index (χ4n) is 2.51. The van der Waals surface area contributed by atoms with E-state index in [1.165, 1.54) is 5.56 Å². The summed E-state index contributed by atoms with van der Waals surface area (Å²) in [5.41, 5.74) is 2.19. The lowest BCUT2D eigenvalue weighted by Crippen LogP contribution is -2.37. The normalized spacial score (nSPS) is 11.1. The van der Waals surface area contributed by atoms with Gasteiger partial charge in [0, 0.05) is 27.1 Å². The molecule has 0 unspecified atom stereocenters. The van der Waals surface area contributed by atoms with Crippen LogP contribution in [0.4, 0.5) is 0 Å². The van der Waals surface area contributed by atoms with Crippen LogP contribution in [0.5, 0.6) is 0 Å². The summed E-state index contributed by atoms with van der Waals surface area (Å²) < 4.78 is 5.29. The molecular weight excluding hydrogens is 338 g/mol. The molecule has 0 aliphatic rings. The number of hydrogen-bond acceptors (Lipinski definition) is 3. The lowest BCUT2D eigenvalue weighted by molar-refractivity contribution is -0.145. The Labute approximate surface area is 162 Å². The summed E-state index contributed by atoms with van der Waals surface area (Å²) in [7, 11) is 3.94. The zero-order valence-electron chi connectivity index (χ0n) is 16.2. The van der Waals surface area contributed by atoms with Crippen LogP contribution < -0.4 is 5.32 Å². The van der Waals surface area contributed by atoms with Gasteiger partial charge in [-0.3, -0.25) is 4.79 Å². The van der Waals surface area contributed by atoms with Gasteiger partial charge < -0.3 is 15.0 Å². The standard InChI is InChI=1S/C22H29N3O2/c1-25(2)22(24-17-19-11-5-3-6-12-19)23-16-10-9-15-21(26)27-18-20-13-7-4-8-14-20/h3-8,11-14H,9-10,15-18H2,1-2H3,(H,23,24). The average molecular weight is 367 g/mol. The predicted molar refractivity (Wildman–Crippen MR) is 109 cm³/mol. The zero-order chi connectivity index (χ0) is 19.3. The van der Waals surface area contributed by atoms with Crippen molar-refractivity contribution < 1.29 is 9.53 Å². The van der Waals surface area contributed by atoms with Crippen molar-refractivity contribution in [2.45, 2.75) is 32.4 Å². The number of ether oxygens (including phenoxy) is 1. The summed E-state index contributed by atoms with van der Waals surface area (Å²) in [6, 6.07) is 19.9. The van der Waals surface area contributed by atoms with Crippen molar-refractivity contribution in [1.82, 2.24) is 10.2 Å². The average Bonchev–Trinajstić information content (AvgIpc) is 2.69. The number of rotatable bonds is 9. The SMILES string of the molecule is CN(C)C(=NCc1ccccc1)NCCCCC(=O)OCc1ccccc1. The Balaban J connectivity index is 1.62. The molecule has 0 saturated heterocycles. The Morgan fingerprint density at radius 2 is 1.59 bits per heavy atom. The molecule has 0 amide bonds. The highest BCUT2D eigenvalue weighted by molar-refractivity contribution is 5.79. The maximum Gasteiger partial charge on any atom is 0.306 e. The van der Waals surface area contributed by atoms with Crippen molar-refractivity contribution >= 4 is 11.9 Å². The van der Waals surface area contributed by atoms with Crippen molar-refractivity contribution in [1.29, 1.82) is 0 Å². The molecule has 0 aromatic heterocycles. The van der Waals surface area contributed by atoms with E-state index in [1.807, 2.05) is 67.5 Å². The maximum atomic E-state index is 11.8. The minimum Gasteiger partial charge on any atom is -0.461 e. The first-order valence-corrected chi connectivity index (χ1v) is 9.34. The molecule has 0 spiro atoms. The summed E-state index contributed by atoms with van der Waals surface area (Å²) in [4.78, 5) is 18.4. The third-order valence-electron chi connectivity index (χ3n) is 4.01. The number of nitrogens with one attached hydrogen (secondary N) is 1. The molecule has 0 bridgehead atoms. The molecule has 144 valence electrons. The number of aliphatic imine (C=N–C) groups is 1. The molecule has 0 aliphatic heterocycles.